The molecule has 312 valence electrons. The monoisotopic (exact) mass is 875 g/mol. The fourth-order valence-electron chi connectivity index (χ4n) is 5.67. The van der Waals surface area contributed by atoms with E-state index in [0.29, 0.717) is 41.9 Å². The number of rotatable bonds is 11. The fourth-order valence-corrected chi connectivity index (χ4v) is 7.17. The van der Waals surface area contributed by atoms with Crippen molar-refractivity contribution >= 4 is 58.3 Å². The number of hydrogen-bond donors (Lipinski definition) is 4. The van der Waals surface area contributed by atoms with Gasteiger partial charge in [-0.25, -0.2) is 17.7 Å². The number of ketones is 1. The zero-order valence-corrected chi connectivity index (χ0v) is 33.0. The molecule has 0 saturated heterocycles. The maximum atomic E-state index is 14.4. The number of hydrogen-bond acceptors (Lipinski definition) is 11. The van der Waals surface area contributed by atoms with Crippen molar-refractivity contribution in [3.05, 3.63) is 81.0 Å². The Balaban J connectivity index is 0.000000209. The molecule has 2 aromatic carbocycles. The quantitative estimate of drug-likeness (QED) is 0.0602. The van der Waals surface area contributed by atoms with Crippen LogP contribution in [-0.2, 0) is 35.0 Å². The van der Waals surface area contributed by atoms with Crippen LogP contribution in [0.15, 0.2) is 57.1 Å². The zero-order valence-electron chi connectivity index (χ0n) is 30.5. The minimum atomic E-state index is -4.71. The normalized spacial score (nSPS) is 16.0. The number of benzene rings is 2. The van der Waals surface area contributed by atoms with Crippen LogP contribution < -0.4 is 15.0 Å². The van der Waals surface area contributed by atoms with Gasteiger partial charge in [-0.3, -0.25) is 29.1 Å². The molecule has 1 atom stereocenters. The summed E-state index contributed by atoms with van der Waals surface area (Å²) in [6.07, 6.45) is 5.73. The van der Waals surface area contributed by atoms with Crippen LogP contribution in [0.2, 0.25) is 5.02 Å². The molecule has 2 heterocycles. The molecule has 1 unspecified atom stereocenters. The molecular weight excluding hydrogens is 841 g/mol. The van der Waals surface area contributed by atoms with Gasteiger partial charge >= 0.3 is 19.7 Å². The highest BCUT2D eigenvalue weighted by atomic mass is 35.5. The lowest BCUT2D eigenvalue weighted by Gasteiger charge is -2.19. The number of nitrogens with zero attached hydrogens (tertiary/aromatic N) is 2. The molecule has 2 amide bonds. The highest BCUT2D eigenvalue weighted by Crippen LogP contribution is 2.43. The molecule has 1 saturated carbocycles. The Hall–Kier alpha value is -4.90. The number of aromatic nitrogens is 1. The summed E-state index contributed by atoms with van der Waals surface area (Å²) >= 11 is 5.97. The predicted octanol–water partition coefficient (Wildman–Crippen LogP) is 5.62. The van der Waals surface area contributed by atoms with Gasteiger partial charge in [0.25, 0.3) is 11.8 Å². The van der Waals surface area contributed by atoms with Crippen molar-refractivity contribution < 1.29 is 73.9 Å². The van der Waals surface area contributed by atoms with Gasteiger partial charge in [0, 0.05) is 34.9 Å². The molecule has 58 heavy (non-hydrogen) atoms. The van der Waals surface area contributed by atoms with E-state index in [1.54, 1.807) is 6.92 Å². The first-order valence-electron chi connectivity index (χ1n) is 17.0. The molecular formula is C36H35ClF4N3O12PS. The number of carboxylic acid groups (broad SMARTS) is 1. The Labute approximate surface area is 333 Å². The van der Waals surface area contributed by atoms with Gasteiger partial charge in [-0.15, -0.1) is 6.42 Å². The van der Waals surface area contributed by atoms with Gasteiger partial charge in [0.15, 0.2) is 27.5 Å². The van der Waals surface area contributed by atoms with Crippen molar-refractivity contribution in [1.29, 1.82) is 0 Å². The van der Waals surface area contributed by atoms with Crippen LogP contribution in [0.4, 0.5) is 23.2 Å². The minimum Gasteiger partial charge on any atom is -0.480 e. The van der Waals surface area contributed by atoms with Crippen LogP contribution in [0.3, 0.4) is 0 Å². The number of carboxylic acids is 1. The Morgan fingerprint density at radius 3 is 2.22 bits per heavy atom. The SMILES string of the molecule is C#CC(C)Oc1cc(N2C(=O)C3=C(CCCC3)C2=O)c(F)cc1Cl.CS(=O)(=O)c1cc(C(F)(F)F)ccc1C(=O)c1cnoc1C1CC1.O=C(O)CNCP(=O)(O)O. The van der Waals surface area contributed by atoms with Crippen molar-refractivity contribution in [2.24, 2.45) is 0 Å². The van der Waals surface area contributed by atoms with E-state index in [-0.39, 0.29) is 33.5 Å². The molecule has 1 aromatic heterocycles. The molecule has 1 aliphatic heterocycles. The number of halogens is 5. The Morgan fingerprint density at radius 2 is 1.72 bits per heavy atom. The third kappa shape index (κ3) is 11.6. The summed E-state index contributed by atoms with van der Waals surface area (Å²) in [7, 11) is -8.14. The summed E-state index contributed by atoms with van der Waals surface area (Å²) in [5.41, 5.74) is -0.562. The van der Waals surface area contributed by atoms with E-state index in [2.05, 4.69) is 16.4 Å². The summed E-state index contributed by atoms with van der Waals surface area (Å²) in [6.45, 7) is 1.19. The van der Waals surface area contributed by atoms with Crippen molar-refractivity contribution in [2.75, 3.05) is 24.0 Å². The first-order valence-corrected chi connectivity index (χ1v) is 21.1. The van der Waals surface area contributed by atoms with Gasteiger partial charge in [-0.2, -0.15) is 13.2 Å². The van der Waals surface area contributed by atoms with Gasteiger partial charge in [-0.1, -0.05) is 22.7 Å². The second-order valence-electron chi connectivity index (χ2n) is 13.1. The van der Waals surface area contributed by atoms with Crippen LogP contribution in [0, 0.1) is 18.2 Å². The van der Waals surface area contributed by atoms with Crippen LogP contribution in [-0.4, -0.2) is 77.2 Å². The second-order valence-corrected chi connectivity index (χ2v) is 17.1. The summed E-state index contributed by atoms with van der Waals surface area (Å²) in [6, 6.07) is 4.32. The zero-order chi connectivity index (χ0) is 43.3. The van der Waals surface area contributed by atoms with Gasteiger partial charge in [0.2, 0.25) is 0 Å². The number of anilines is 1. The highest BCUT2D eigenvalue weighted by molar-refractivity contribution is 7.90. The van der Waals surface area contributed by atoms with Gasteiger partial charge in [-0.05, 0) is 69.7 Å². The molecule has 3 aliphatic rings. The molecule has 4 N–H and O–H groups in total. The van der Waals surface area contributed by atoms with E-state index in [0.717, 1.165) is 49.0 Å². The number of amides is 2. The maximum absolute atomic E-state index is 14.4. The van der Waals surface area contributed by atoms with Crippen molar-refractivity contribution in [2.45, 2.75) is 68.5 Å². The summed E-state index contributed by atoms with van der Waals surface area (Å²) in [4.78, 5) is 64.1. The number of carbonyl (C=O) groups is 4. The van der Waals surface area contributed by atoms with E-state index in [4.69, 9.17) is 42.2 Å². The highest BCUT2D eigenvalue weighted by Gasteiger charge is 2.41. The first-order chi connectivity index (χ1) is 26.9. The first kappa shape index (κ1) is 45.8. The maximum Gasteiger partial charge on any atom is 0.416 e. The number of nitrogens with one attached hydrogen (secondary N) is 1. The number of aliphatic carboxylic acids is 1. The molecule has 15 nitrogen and oxygen atoms in total. The summed E-state index contributed by atoms with van der Waals surface area (Å²) < 4.78 is 97.2. The number of terminal acetylenes is 1. The Morgan fingerprint density at radius 1 is 1.12 bits per heavy atom. The van der Waals surface area contributed by atoms with Crippen LogP contribution in [0.1, 0.15) is 78.6 Å². The van der Waals surface area contributed by atoms with E-state index in [1.807, 2.05) is 0 Å². The Kier molecular flexibility index (Phi) is 14.5. The van der Waals surface area contributed by atoms with E-state index < -0.39 is 82.4 Å². The average Bonchev–Trinajstić information content (AvgIpc) is 3.80. The second kappa shape index (κ2) is 18.4. The number of sulfone groups is 1. The van der Waals surface area contributed by atoms with Crippen molar-refractivity contribution in [3.8, 4) is 18.1 Å². The molecule has 0 radical (unpaired) electrons. The summed E-state index contributed by atoms with van der Waals surface area (Å²) in [5.74, 6) is -0.662. The lowest BCUT2D eigenvalue weighted by Crippen LogP contribution is -2.32. The number of ether oxygens (including phenoxy) is 1. The Bertz CT molecular complexity index is 2320. The molecule has 0 spiro atoms. The lowest BCUT2D eigenvalue weighted by atomic mass is 9.93. The summed E-state index contributed by atoms with van der Waals surface area (Å²) in [5, 5.41) is 13.6. The van der Waals surface area contributed by atoms with E-state index in [1.165, 1.54) is 12.3 Å². The van der Waals surface area contributed by atoms with Crippen molar-refractivity contribution in [1.82, 2.24) is 10.5 Å². The minimum absolute atomic E-state index is 0.0233. The average molecular weight is 876 g/mol. The molecule has 0 bridgehead atoms. The van der Waals surface area contributed by atoms with Crippen LogP contribution in [0.25, 0.3) is 0 Å². The molecule has 2 aliphatic carbocycles. The fraction of sp³-hybridized carbons (Fsp3) is 0.361. The molecule has 6 rings (SSSR count). The number of imide groups is 1. The number of carbonyl (C=O) groups excluding carboxylic acids is 3. The largest absolute Gasteiger partial charge is 0.480 e. The number of alkyl halides is 3. The predicted molar refractivity (Wildman–Crippen MR) is 197 cm³/mol. The topological polar surface area (TPSA) is 231 Å². The van der Waals surface area contributed by atoms with Crippen LogP contribution >= 0.6 is 19.2 Å². The molecule has 22 heteroatoms. The lowest BCUT2D eigenvalue weighted by molar-refractivity contribution is -0.138. The molecule has 3 aromatic rings. The third-order valence-corrected chi connectivity index (χ3v) is 10.6. The van der Waals surface area contributed by atoms with Crippen molar-refractivity contribution in [3.63, 3.8) is 0 Å². The molecule has 1 fully saturated rings. The van der Waals surface area contributed by atoms with Gasteiger partial charge < -0.3 is 24.2 Å². The van der Waals surface area contributed by atoms with Crippen LogP contribution in [0.5, 0.6) is 5.75 Å². The smallest absolute Gasteiger partial charge is 0.416 e. The van der Waals surface area contributed by atoms with E-state index in [9.17, 15) is 49.7 Å². The standard InChI is InChI=1S/C18H15ClFNO3.C15H12F3NO4S.C3H8NO5P/c1-3-10(2)24-16-9-15(14(20)8-13(16)19)21-17(22)11-6-4-5-7-12(11)18(21)23;1-24(21,22)12-6-9(15(16,17)18)4-5-10(12)13(20)11-7-19-23-14(11)8-2-3-8;5-3(6)1-4-2-10(7,8)9/h1,8-10H,4-7H2,2H3;4-8H,2-3H2,1H3;4H,1-2H2,(H,5,6)(H2,7,8,9). The third-order valence-electron chi connectivity index (χ3n) is 8.51. The van der Waals surface area contributed by atoms with Gasteiger partial charge in [0.1, 0.15) is 11.6 Å². The van der Waals surface area contributed by atoms with Gasteiger partial charge in [0.05, 0.1) is 45.8 Å². The van der Waals surface area contributed by atoms with E-state index >= 15 is 0 Å².